The Morgan fingerprint density at radius 2 is 1.89 bits per heavy atom. The third kappa shape index (κ3) is 4.74. The van der Waals surface area contributed by atoms with Gasteiger partial charge < -0.3 is 15.1 Å². The fraction of sp³-hybridized carbons (Fsp3) is 0.500. The maximum absolute atomic E-state index is 12.0. The number of hydrogen-bond donors (Lipinski definition) is 2. The van der Waals surface area contributed by atoms with Crippen molar-refractivity contribution in [3.63, 3.8) is 0 Å². The monoisotopic (exact) mass is 399 g/mol. The molecule has 5 nitrogen and oxygen atoms in total. The molecule has 1 saturated heterocycles. The minimum atomic E-state index is -1.77. The van der Waals surface area contributed by atoms with E-state index in [1.165, 1.54) is 0 Å². The Morgan fingerprint density at radius 3 is 2.54 bits per heavy atom. The van der Waals surface area contributed by atoms with E-state index < -0.39 is 8.32 Å². The highest BCUT2D eigenvalue weighted by atomic mass is 28.4. The lowest BCUT2D eigenvalue weighted by Gasteiger charge is -2.39. The Morgan fingerprint density at radius 1 is 1.18 bits per heavy atom. The van der Waals surface area contributed by atoms with Crippen molar-refractivity contribution in [2.75, 3.05) is 18.4 Å². The van der Waals surface area contributed by atoms with Crippen LogP contribution in [0.2, 0.25) is 18.1 Å². The van der Waals surface area contributed by atoms with Gasteiger partial charge in [0.1, 0.15) is 0 Å². The summed E-state index contributed by atoms with van der Waals surface area (Å²) in [4.78, 5) is 12.0. The lowest BCUT2D eigenvalue weighted by Crippen LogP contribution is -2.48. The second kappa shape index (κ2) is 8.23. The molecule has 1 aromatic heterocycles. The molecule has 28 heavy (non-hydrogen) atoms. The molecule has 0 radical (unpaired) electrons. The number of aromatic nitrogens is 1. The predicted octanol–water partition coefficient (Wildman–Crippen LogP) is 4.00. The number of nitrogens with zero attached hydrogens (tertiary/aromatic N) is 1. The maximum Gasteiger partial charge on any atom is 0.255 e. The molecule has 1 aliphatic rings. The van der Waals surface area contributed by atoms with Crippen LogP contribution in [0.1, 0.15) is 27.2 Å². The minimum Gasteiger partial charge on any atom is -0.412 e. The van der Waals surface area contributed by atoms with E-state index >= 15 is 0 Å². The van der Waals surface area contributed by atoms with Crippen molar-refractivity contribution in [2.24, 2.45) is 0 Å². The Balaban J connectivity index is 1.60. The van der Waals surface area contributed by atoms with Crippen molar-refractivity contribution in [1.29, 1.82) is 0 Å². The maximum atomic E-state index is 12.0. The zero-order chi connectivity index (χ0) is 20.4. The van der Waals surface area contributed by atoms with Crippen LogP contribution in [-0.4, -0.2) is 38.1 Å². The quantitative estimate of drug-likeness (QED) is 0.721. The smallest absolute Gasteiger partial charge is 0.255 e. The molecule has 3 rings (SSSR count). The zero-order valence-electron chi connectivity index (χ0n) is 17.7. The number of benzene rings is 1. The molecule has 6 heteroatoms. The van der Waals surface area contributed by atoms with E-state index in [4.69, 9.17) is 4.43 Å². The van der Waals surface area contributed by atoms with E-state index in [-0.39, 0.29) is 16.7 Å². The number of nitrogens with one attached hydrogen (secondary N) is 2. The van der Waals surface area contributed by atoms with Crippen molar-refractivity contribution in [3.8, 4) is 5.69 Å². The fourth-order valence-electron chi connectivity index (χ4n) is 3.25. The normalized spacial score (nSPS) is 20.3. The molecule has 1 aromatic carbocycles. The number of anilines is 1. The van der Waals surface area contributed by atoms with Crippen LogP contribution < -0.4 is 16.2 Å². The minimum absolute atomic E-state index is 0.0241. The zero-order valence-corrected chi connectivity index (χ0v) is 18.7. The molecule has 0 saturated carbocycles. The molecule has 2 heterocycles. The van der Waals surface area contributed by atoms with Crippen molar-refractivity contribution >= 4 is 14.0 Å². The summed E-state index contributed by atoms with van der Waals surface area (Å²) in [5, 5.41) is 7.33. The summed E-state index contributed by atoms with van der Waals surface area (Å²) in [6, 6.07) is 13.5. The van der Waals surface area contributed by atoms with Gasteiger partial charge in [-0.3, -0.25) is 9.36 Å². The average molecular weight is 400 g/mol. The first-order valence-electron chi connectivity index (χ1n) is 10.1. The molecular weight excluding hydrogens is 366 g/mol. The van der Waals surface area contributed by atoms with Crippen molar-refractivity contribution in [2.45, 2.75) is 57.5 Å². The molecule has 1 fully saturated rings. The van der Waals surface area contributed by atoms with Gasteiger partial charge in [0.05, 0.1) is 6.10 Å². The van der Waals surface area contributed by atoms with Gasteiger partial charge in [-0.05, 0) is 61.4 Å². The summed E-state index contributed by atoms with van der Waals surface area (Å²) in [5.41, 5.74) is 1.89. The van der Waals surface area contributed by atoms with E-state index in [1.54, 1.807) is 22.9 Å². The van der Waals surface area contributed by atoms with E-state index in [9.17, 15) is 4.79 Å². The van der Waals surface area contributed by atoms with Crippen LogP contribution in [0.25, 0.3) is 5.69 Å². The molecule has 1 aliphatic heterocycles. The van der Waals surface area contributed by atoms with Crippen LogP contribution in [-0.2, 0) is 4.43 Å². The number of pyridine rings is 1. The van der Waals surface area contributed by atoms with Gasteiger partial charge in [0.25, 0.3) is 5.56 Å². The van der Waals surface area contributed by atoms with Crippen LogP contribution in [0.3, 0.4) is 0 Å². The second-order valence-electron chi connectivity index (χ2n) is 9.10. The average Bonchev–Trinajstić information content (AvgIpc) is 3.06. The fourth-order valence-corrected chi connectivity index (χ4v) is 4.64. The SMILES string of the molecule is CC(C)(C)[Si](C)(C)O[C@H]1CCN[C@@H]1CNc1ccc(-n2ccccc2=O)cc1. The lowest BCUT2D eigenvalue weighted by atomic mass is 10.1. The molecular formula is C22H33N3O2Si. The molecule has 0 unspecified atom stereocenters. The van der Waals surface area contributed by atoms with E-state index in [2.05, 4.69) is 44.5 Å². The van der Waals surface area contributed by atoms with Crippen molar-refractivity contribution < 1.29 is 4.43 Å². The van der Waals surface area contributed by atoms with Gasteiger partial charge in [0.15, 0.2) is 8.32 Å². The van der Waals surface area contributed by atoms with Gasteiger partial charge in [-0.1, -0.05) is 26.8 Å². The van der Waals surface area contributed by atoms with Crippen LogP contribution in [0, 0.1) is 0 Å². The van der Waals surface area contributed by atoms with Crippen molar-refractivity contribution in [3.05, 3.63) is 59.0 Å². The molecule has 0 spiro atoms. The summed E-state index contributed by atoms with van der Waals surface area (Å²) >= 11 is 0. The van der Waals surface area contributed by atoms with Gasteiger partial charge in [0.2, 0.25) is 0 Å². The van der Waals surface area contributed by atoms with E-state index in [1.807, 2.05) is 30.3 Å². The highest BCUT2D eigenvalue weighted by Gasteiger charge is 2.41. The van der Waals surface area contributed by atoms with E-state index in [0.717, 1.165) is 30.9 Å². The van der Waals surface area contributed by atoms with Gasteiger partial charge in [-0.2, -0.15) is 0 Å². The van der Waals surface area contributed by atoms with Crippen LogP contribution in [0.5, 0.6) is 0 Å². The molecule has 2 N–H and O–H groups in total. The molecule has 2 atom stereocenters. The number of hydrogen-bond acceptors (Lipinski definition) is 4. The summed E-state index contributed by atoms with van der Waals surface area (Å²) in [7, 11) is -1.77. The van der Waals surface area contributed by atoms with E-state index in [0.29, 0.717) is 6.04 Å². The Hall–Kier alpha value is -1.89. The van der Waals surface area contributed by atoms with Gasteiger partial charge in [-0.25, -0.2) is 0 Å². The van der Waals surface area contributed by atoms with Crippen LogP contribution >= 0.6 is 0 Å². The molecule has 0 amide bonds. The summed E-state index contributed by atoms with van der Waals surface area (Å²) in [5.74, 6) is 0. The first-order chi connectivity index (χ1) is 13.2. The van der Waals surface area contributed by atoms with Crippen LogP contribution in [0.15, 0.2) is 53.5 Å². The van der Waals surface area contributed by atoms with Gasteiger partial charge in [-0.15, -0.1) is 0 Å². The Bertz CT molecular complexity index is 840. The third-order valence-corrected chi connectivity index (χ3v) is 10.5. The molecule has 152 valence electrons. The second-order valence-corrected chi connectivity index (χ2v) is 13.9. The third-order valence-electron chi connectivity index (χ3n) is 6.03. The molecule has 0 aliphatic carbocycles. The summed E-state index contributed by atoms with van der Waals surface area (Å²) in [6.07, 6.45) is 3.11. The van der Waals surface area contributed by atoms with Gasteiger partial charge >= 0.3 is 0 Å². The lowest BCUT2D eigenvalue weighted by molar-refractivity contribution is 0.170. The standard InChI is InChI=1S/C22H33N3O2Si/c1-22(2,3)28(4,5)27-20-13-14-23-19(20)16-24-17-9-11-18(12-10-17)25-15-7-6-8-21(25)26/h6-12,15,19-20,23-24H,13-14,16H2,1-5H3/t19-,20+/m1/s1. The molecule has 0 bridgehead atoms. The summed E-state index contributed by atoms with van der Waals surface area (Å²) in [6.45, 7) is 13.3. The van der Waals surface area contributed by atoms with Crippen LogP contribution in [0.4, 0.5) is 5.69 Å². The Kier molecular flexibility index (Phi) is 6.12. The first kappa shape index (κ1) is 20.8. The van der Waals surface area contributed by atoms with Crippen molar-refractivity contribution in [1.82, 2.24) is 9.88 Å². The topological polar surface area (TPSA) is 55.3 Å². The highest BCUT2D eigenvalue weighted by molar-refractivity contribution is 6.74. The number of rotatable bonds is 6. The highest BCUT2D eigenvalue weighted by Crippen LogP contribution is 2.38. The molecule has 2 aromatic rings. The first-order valence-corrected chi connectivity index (χ1v) is 13.0. The Labute approximate surface area is 169 Å². The summed E-state index contributed by atoms with van der Waals surface area (Å²) < 4.78 is 8.30. The predicted molar refractivity (Wildman–Crippen MR) is 119 cm³/mol. The largest absolute Gasteiger partial charge is 0.412 e. The van der Waals surface area contributed by atoms with Gasteiger partial charge in [0, 0.05) is 36.2 Å².